The molecule has 3 nitrogen and oxygen atoms in total. The fourth-order valence-corrected chi connectivity index (χ4v) is 5.00. The molecule has 2 aromatic rings. The molecule has 3 rings (SSSR count). The topological polar surface area (TPSA) is 40.5 Å². The molecule has 28 heavy (non-hydrogen) atoms. The lowest BCUT2D eigenvalue weighted by Crippen LogP contribution is -2.46. The predicted octanol–water partition coefficient (Wildman–Crippen LogP) is 6.01. The number of aryl methyl sites for hydroxylation is 1. The van der Waals surface area contributed by atoms with Crippen LogP contribution in [0.25, 0.3) is 0 Å². The van der Waals surface area contributed by atoms with Crippen molar-refractivity contribution in [3.05, 3.63) is 56.2 Å². The third kappa shape index (κ3) is 4.36. The average molecular weight is 432 g/mol. The minimum absolute atomic E-state index is 0.208. The Bertz CT molecular complexity index is 852. The van der Waals surface area contributed by atoms with Gasteiger partial charge in [-0.25, -0.2) is 0 Å². The highest BCUT2D eigenvalue weighted by molar-refractivity contribution is 7.12. The van der Waals surface area contributed by atoms with E-state index in [2.05, 4.69) is 0 Å². The van der Waals surface area contributed by atoms with Crippen LogP contribution in [0.3, 0.4) is 0 Å². The highest BCUT2D eigenvalue weighted by Gasteiger charge is 2.38. The van der Waals surface area contributed by atoms with Crippen molar-refractivity contribution in [3.8, 4) is 0 Å². The first-order valence-electron chi connectivity index (χ1n) is 9.16. The molecule has 152 valence electrons. The largest absolute Gasteiger partial charge is 0.480 e. The molecule has 0 bridgehead atoms. The van der Waals surface area contributed by atoms with Gasteiger partial charge in [0.2, 0.25) is 0 Å². The zero-order valence-electron chi connectivity index (χ0n) is 15.3. The maximum atomic E-state index is 13.3. The van der Waals surface area contributed by atoms with Gasteiger partial charge in [-0.1, -0.05) is 24.9 Å². The second kappa shape index (κ2) is 8.43. The Morgan fingerprint density at radius 2 is 2.07 bits per heavy atom. The van der Waals surface area contributed by atoms with Crippen LogP contribution in [0.4, 0.5) is 13.2 Å². The first-order valence-corrected chi connectivity index (χ1v) is 10.4. The van der Waals surface area contributed by atoms with Gasteiger partial charge in [0, 0.05) is 14.8 Å². The lowest BCUT2D eigenvalue weighted by molar-refractivity contribution is -0.145. The molecule has 0 amide bonds. The molecule has 1 fully saturated rings. The number of carboxylic acids is 1. The van der Waals surface area contributed by atoms with Gasteiger partial charge >= 0.3 is 12.1 Å². The maximum absolute atomic E-state index is 13.3. The van der Waals surface area contributed by atoms with Gasteiger partial charge in [-0.15, -0.1) is 11.3 Å². The zero-order valence-corrected chi connectivity index (χ0v) is 16.9. The quantitative estimate of drug-likeness (QED) is 0.630. The molecule has 0 radical (unpaired) electrons. The third-order valence-electron chi connectivity index (χ3n) is 5.08. The molecule has 2 unspecified atom stereocenters. The fraction of sp³-hybridized carbons (Fsp3) is 0.450. The Balaban J connectivity index is 2.15. The number of piperidine rings is 1. The molecule has 1 aromatic heterocycles. The number of aliphatic carboxylic acids is 1. The lowest BCUT2D eigenvalue weighted by Gasteiger charge is -2.39. The molecular weight excluding hydrogens is 411 g/mol. The van der Waals surface area contributed by atoms with Crippen molar-refractivity contribution in [1.82, 2.24) is 4.90 Å². The van der Waals surface area contributed by atoms with Crippen molar-refractivity contribution < 1.29 is 23.1 Å². The van der Waals surface area contributed by atoms with Gasteiger partial charge in [0.15, 0.2) is 0 Å². The molecule has 8 heteroatoms. The molecule has 2 atom stereocenters. The van der Waals surface area contributed by atoms with E-state index >= 15 is 0 Å². The van der Waals surface area contributed by atoms with Crippen molar-refractivity contribution in [2.75, 3.05) is 6.54 Å². The van der Waals surface area contributed by atoms with Crippen LogP contribution in [0.2, 0.25) is 5.02 Å². The SMILES string of the molecule is CCc1ccc(C(c2cc(C(F)(F)F)ccc2Cl)N2CCCCC2C(=O)O)s1. The zero-order chi connectivity index (χ0) is 20.5. The van der Waals surface area contributed by atoms with E-state index in [-0.39, 0.29) is 5.02 Å². The second-order valence-electron chi connectivity index (χ2n) is 6.88. The molecule has 0 saturated carbocycles. The summed E-state index contributed by atoms with van der Waals surface area (Å²) in [5.74, 6) is -0.958. The molecule has 1 N–H and O–H groups in total. The summed E-state index contributed by atoms with van der Waals surface area (Å²) in [4.78, 5) is 15.5. The Hall–Kier alpha value is -1.57. The number of carboxylic acid groups (broad SMARTS) is 1. The van der Waals surface area contributed by atoms with Gasteiger partial charge in [-0.05, 0) is 61.7 Å². The Morgan fingerprint density at radius 1 is 1.32 bits per heavy atom. The Kier molecular flexibility index (Phi) is 6.37. The van der Waals surface area contributed by atoms with Crippen LogP contribution in [0, 0.1) is 0 Å². The van der Waals surface area contributed by atoms with E-state index in [1.807, 2.05) is 19.1 Å². The van der Waals surface area contributed by atoms with E-state index in [1.165, 1.54) is 17.4 Å². The summed E-state index contributed by atoms with van der Waals surface area (Å²) in [6, 6.07) is 5.71. The molecule has 2 heterocycles. The van der Waals surface area contributed by atoms with E-state index in [1.54, 1.807) is 4.90 Å². The molecule has 1 aromatic carbocycles. The van der Waals surface area contributed by atoms with E-state index < -0.39 is 29.8 Å². The van der Waals surface area contributed by atoms with Gasteiger partial charge in [0.1, 0.15) is 6.04 Å². The van der Waals surface area contributed by atoms with Gasteiger partial charge in [0.25, 0.3) is 0 Å². The normalized spacial score (nSPS) is 19.5. The highest BCUT2D eigenvalue weighted by Crippen LogP contribution is 2.42. The first-order chi connectivity index (χ1) is 13.2. The van der Waals surface area contributed by atoms with Crippen molar-refractivity contribution in [2.24, 2.45) is 0 Å². The first kappa shape index (κ1) is 21.1. The Labute approximate surface area is 170 Å². The summed E-state index contributed by atoms with van der Waals surface area (Å²) in [6.07, 6.45) is -1.66. The summed E-state index contributed by atoms with van der Waals surface area (Å²) in [6.45, 7) is 2.50. The standard InChI is InChI=1S/C20H21ClF3NO2S/c1-2-13-7-9-17(28-13)18(25-10-4-3-5-16(25)19(26)27)14-11-12(20(22,23)24)6-8-15(14)21/h6-9,11,16,18H,2-5,10H2,1H3,(H,26,27). The van der Waals surface area contributed by atoms with E-state index in [0.29, 0.717) is 18.5 Å². The van der Waals surface area contributed by atoms with E-state index in [0.717, 1.165) is 41.1 Å². The number of carbonyl (C=O) groups is 1. The number of halogens is 4. The number of hydrogen-bond donors (Lipinski definition) is 1. The summed E-state index contributed by atoms with van der Waals surface area (Å²) >= 11 is 7.83. The second-order valence-corrected chi connectivity index (χ2v) is 8.49. The minimum Gasteiger partial charge on any atom is -0.480 e. The molecule has 0 aliphatic carbocycles. The van der Waals surface area contributed by atoms with E-state index in [4.69, 9.17) is 11.6 Å². The summed E-state index contributed by atoms with van der Waals surface area (Å²) in [7, 11) is 0. The maximum Gasteiger partial charge on any atom is 0.416 e. The molecule has 1 aliphatic heterocycles. The van der Waals surface area contributed by atoms with Crippen LogP contribution in [0.1, 0.15) is 53.1 Å². The number of nitrogens with zero attached hydrogens (tertiary/aromatic N) is 1. The third-order valence-corrected chi connectivity index (χ3v) is 6.71. The average Bonchev–Trinajstić information content (AvgIpc) is 3.11. The lowest BCUT2D eigenvalue weighted by atomic mass is 9.94. The summed E-state index contributed by atoms with van der Waals surface area (Å²) < 4.78 is 40.0. The van der Waals surface area contributed by atoms with Gasteiger partial charge in [0.05, 0.1) is 11.6 Å². The van der Waals surface area contributed by atoms with Gasteiger partial charge in [-0.3, -0.25) is 9.69 Å². The smallest absolute Gasteiger partial charge is 0.416 e. The van der Waals surface area contributed by atoms with Crippen LogP contribution in [-0.2, 0) is 17.4 Å². The van der Waals surface area contributed by atoms with Gasteiger partial charge < -0.3 is 5.11 Å². The van der Waals surface area contributed by atoms with Crippen LogP contribution < -0.4 is 0 Å². The molecule has 1 saturated heterocycles. The summed E-state index contributed by atoms with van der Waals surface area (Å²) in [5.41, 5.74) is -0.484. The van der Waals surface area contributed by atoms with Crippen molar-refractivity contribution in [2.45, 2.75) is 50.9 Å². The summed E-state index contributed by atoms with van der Waals surface area (Å²) in [5, 5.41) is 9.91. The molecule has 0 spiro atoms. The van der Waals surface area contributed by atoms with Crippen LogP contribution in [-0.4, -0.2) is 28.6 Å². The number of rotatable bonds is 5. The number of hydrogen-bond acceptors (Lipinski definition) is 3. The highest BCUT2D eigenvalue weighted by atomic mass is 35.5. The van der Waals surface area contributed by atoms with Crippen LogP contribution in [0.15, 0.2) is 30.3 Å². The minimum atomic E-state index is -4.50. The number of benzene rings is 1. The predicted molar refractivity (Wildman–Crippen MR) is 104 cm³/mol. The van der Waals surface area contributed by atoms with Crippen molar-refractivity contribution in [3.63, 3.8) is 0 Å². The van der Waals surface area contributed by atoms with Crippen molar-refractivity contribution in [1.29, 1.82) is 0 Å². The van der Waals surface area contributed by atoms with E-state index in [9.17, 15) is 23.1 Å². The number of thiophene rings is 1. The fourth-order valence-electron chi connectivity index (χ4n) is 3.68. The van der Waals surface area contributed by atoms with Gasteiger partial charge in [-0.2, -0.15) is 13.2 Å². The number of likely N-dealkylation sites (tertiary alicyclic amines) is 1. The van der Waals surface area contributed by atoms with Crippen molar-refractivity contribution >= 4 is 28.9 Å². The monoisotopic (exact) mass is 431 g/mol. The van der Waals surface area contributed by atoms with Crippen LogP contribution >= 0.6 is 22.9 Å². The number of alkyl halides is 3. The molecular formula is C20H21ClF3NO2S. The molecule has 1 aliphatic rings. The Morgan fingerprint density at radius 3 is 2.68 bits per heavy atom. The van der Waals surface area contributed by atoms with Crippen LogP contribution in [0.5, 0.6) is 0 Å².